The van der Waals surface area contributed by atoms with Crippen molar-refractivity contribution in [3.05, 3.63) is 96.1 Å². The van der Waals surface area contributed by atoms with Crippen LogP contribution in [0.15, 0.2) is 79.4 Å². The van der Waals surface area contributed by atoms with E-state index in [-0.39, 0.29) is 5.91 Å². The van der Waals surface area contributed by atoms with Gasteiger partial charge in [-0.3, -0.25) is 14.5 Å². The van der Waals surface area contributed by atoms with Crippen molar-refractivity contribution in [3.8, 4) is 22.7 Å². The highest BCUT2D eigenvalue weighted by Gasteiger charge is 2.16. The first kappa shape index (κ1) is 24.3. The molecule has 1 amide bonds. The number of fused-ring (bicyclic) bond motifs is 1. The van der Waals surface area contributed by atoms with Gasteiger partial charge in [0.2, 0.25) is 0 Å². The van der Waals surface area contributed by atoms with Crippen LogP contribution < -0.4 is 10.1 Å². The number of anilines is 1. The first-order valence-corrected chi connectivity index (χ1v) is 12.2. The highest BCUT2D eigenvalue weighted by Crippen LogP contribution is 2.28. The molecule has 0 aliphatic heterocycles. The second kappa shape index (κ2) is 10.7. The first-order chi connectivity index (χ1) is 18.0. The number of aromatic nitrogens is 4. The van der Waals surface area contributed by atoms with Crippen LogP contribution in [0.5, 0.6) is 5.75 Å². The van der Waals surface area contributed by atoms with E-state index in [1.165, 1.54) is 0 Å². The smallest absolute Gasteiger partial charge is 0.255 e. The molecule has 188 valence electrons. The molecule has 3 aromatic heterocycles. The lowest BCUT2D eigenvalue weighted by Gasteiger charge is -2.16. The number of amides is 1. The topological polar surface area (TPSA) is 82.7 Å². The molecule has 1 N–H and O–H groups in total. The summed E-state index contributed by atoms with van der Waals surface area (Å²) in [5, 5.41) is 3.08. The Kier molecular flexibility index (Phi) is 7.00. The van der Waals surface area contributed by atoms with Crippen molar-refractivity contribution in [2.75, 3.05) is 25.1 Å². The number of carbonyl (C=O) groups is 1. The van der Waals surface area contributed by atoms with E-state index in [4.69, 9.17) is 9.47 Å². The maximum atomic E-state index is 13.2. The van der Waals surface area contributed by atoms with Crippen LogP contribution in [0.1, 0.15) is 28.4 Å². The van der Waals surface area contributed by atoms with Crippen LogP contribution in [-0.4, -0.2) is 44.9 Å². The molecule has 8 heteroatoms. The summed E-state index contributed by atoms with van der Waals surface area (Å²) in [5.74, 6) is 0.427. The van der Waals surface area contributed by atoms with Gasteiger partial charge in [0.1, 0.15) is 12.4 Å². The average Bonchev–Trinajstić information content (AvgIpc) is 3.52. The number of carbonyl (C=O) groups excluding carboxylic acids is 1. The Morgan fingerprint density at radius 2 is 1.89 bits per heavy atom. The number of ether oxygens (including phenoxy) is 2. The fourth-order valence-electron chi connectivity index (χ4n) is 4.31. The molecule has 0 saturated carbocycles. The number of benzene rings is 2. The van der Waals surface area contributed by atoms with Crippen LogP contribution >= 0.6 is 0 Å². The zero-order valence-electron chi connectivity index (χ0n) is 21.1. The molecular formula is C29H29N5O3. The Labute approximate surface area is 215 Å². The van der Waals surface area contributed by atoms with Crippen LogP contribution in [0.3, 0.4) is 0 Å². The van der Waals surface area contributed by atoms with Gasteiger partial charge in [-0.2, -0.15) is 0 Å². The Morgan fingerprint density at radius 3 is 2.70 bits per heavy atom. The summed E-state index contributed by atoms with van der Waals surface area (Å²) < 4.78 is 15.1. The highest BCUT2D eigenvalue weighted by atomic mass is 16.5. The van der Waals surface area contributed by atoms with Gasteiger partial charge in [0.05, 0.1) is 24.2 Å². The molecule has 0 aliphatic carbocycles. The van der Waals surface area contributed by atoms with Crippen LogP contribution in [-0.2, 0) is 4.74 Å². The van der Waals surface area contributed by atoms with Crippen molar-refractivity contribution in [1.29, 1.82) is 0 Å². The Bertz CT molecular complexity index is 1540. The van der Waals surface area contributed by atoms with Gasteiger partial charge < -0.3 is 14.8 Å². The molecule has 0 aliphatic rings. The quantitative estimate of drug-likeness (QED) is 0.274. The van der Waals surface area contributed by atoms with E-state index in [0.29, 0.717) is 31.1 Å². The number of hydrogen-bond donors (Lipinski definition) is 1. The minimum Gasteiger partial charge on any atom is -0.491 e. The second-order valence-corrected chi connectivity index (χ2v) is 8.70. The van der Waals surface area contributed by atoms with Crippen LogP contribution in [0.4, 0.5) is 5.69 Å². The summed E-state index contributed by atoms with van der Waals surface area (Å²) in [4.78, 5) is 22.0. The van der Waals surface area contributed by atoms with Gasteiger partial charge in [-0.1, -0.05) is 12.1 Å². The number of nitrogens with zero attached hydrogens (tertiary/aromatic N) is 4. The van der Waals surface area contributed by atoms with Gasteiger partial charge in [-0.15, -0.1) is 0 Å². The van der Waals surface area contributed by atoms with Gasteiger partial charge in [-0.05, 0) is 68.3 Å². The lowest BCUT2D eigenvalue weighted by atomic mass is 10.1. The lowest BCUT2D eigenvalue weighted by molar-refractivity contribution is 0.102. The molecule has 8 nitrogen and oxygen atoms in total. The van der Waals surface area contributed by atoms with Gasteiger partial charge >= 0.3 is 0 Å². The molecule has 2 aromatic carbocycles. The Balaban J connectivity index is 1.44. The van der Waals surface area contributed by atoms with Crippen LogP contribution in [0.25, 0.3) is 22.6 Å². The third-order valence-electron chi connectivity index (χ3n) is 6.14. The first-order valence-electron chi connectivity index (χ1n) is 12.2. The summed E-state index contributed by atoms with van der Waals surface area (Å²) in [6.07, 6.45) is 7.40. The fraction of sp³-hybridized carbons (Fsp3) is 0.207. The van der Waals surface area contributed by atoms with Crippen molar-refractivity contribution in [3.63, 3.8) is 0 Å². The van der Waals surface area contributed by atoms with E-state index in [2.05, 4.69) is 28.3 Å². The summed E-state index contributed by atoms with van der Waals surface area (Å²) in [5.41, 5.74) is 6.96. The van der Waals surface area contributed by atoms with E-state index >= 15 is 0 Å². The van der Waals surface area contributed by atoms with Gasteiger partial charge in [0.25, 0.3) is 5.91 Å². The predicted octanol–water partition coefficient (Wildman–Crippen LogP) is 5.47. The molecule has 5 aromatic rings. The van der Waals surface area contributed by atoms with Crippen molar-refractivity contribution in [2.45, 2.75) is 20.8 Å². The molecule has 37 heavy (non-hydrogen) atoms. The zero-order valence-corrected chi connectivity index (χ0v) is 21.1. The highest BCUT2D eigenvalue weighted by molar-refractivity contribution is 6.05. The molecular weight excluding hydrogens is 466 g/mol. The lowest BCUT2D eigenvalue weighted by Crippen LogP contribution is -2.14. The van der Waals surface area contributed by atoms with E-state index in [1.807, 2.05) is 78.0 Å². The average molecular weight is 496 g/mol. The minimum absolute atomic E-state index is 0.204. The maximum Gasteiger partial charge on any atom is 0.255 e. The molecule has 3 heterocycles. The molecule has 5 rings (SSSR count). The van der Waals surface area contributed by atoms with E-state index in [0.717, 1.165) is 39.4 Å². The molecule has 0 fully saturated rings. The van der Waals surface area contributed by atoms with Crippen molar-refractivity contribution in [1.82, 2.24) is 19.2 Å². The molecule has 0 spiro atoms. The second-order valence-electron chi connectivity index (χ2n) is 8.70. The van der Waals surface area contributed by atoms with Gasteiger partial charge in [-0.25, -0.2) is 9.50 Å². The molecule has 0 saturated heterocycles. The number of imidazole rings is 1. The molecule has 0 bridgehead atoms. The SMILES string of the molecule is CCOCCOc1cccc(C(=O)Nc2cc(-n3ccc4ncc(-c5cccnc5)n43)c(C)cc2C)c1. The summed E-state index contributed by atoms with van der Waals surface area (Å²) in [6.45, 7) is 7.57. The molecule has 0 atom stereocenters. The number of pyridine rings is 1. The zero-order chi connectivity index (χ0) is 25.8. The van der Waals surface area contributed by atoms with E-state index in [1.54, 1.807) is 18.3 Å². The maximum absolute atomic E-state index is 13.2. The van der Waals surface area contributed by atoms with E-state index in [9.17, 15) is 4.79 Å². The summed E-state index contributed by atoms with van der Waals surface area (Å²) >= 11 is 0. The standard InChI is InChI=1S/C29H29N5O3/c1-4-36-13-14-37-24-9-5-7-22(16-24)29(35)32-25-17-26(21(3)15-20(25)2)33-12-10-28-31-19-27(34(28)33)23-8-6-11-30-18-23/h5-12,15-19H,4,13-14H2,1-3H3,(H,32,35). The minimum atomic E-state index is -0.204. The predicted molar refractivity (Wildman–Crippen MR) is 144 cm³/mol. The van der Waals surface area contributed by atoms with Crippen molar-refractivity contribution >= 4 is 17.2 Å². The fourth-order valence-corrected chi connectivity index (χ4v) is 4.31. The van der Waals surface area contributed by atoms with Crippen molar-refractivity contribution in [2.24, 2.45) is 0 Å². The van der Waals surface area contributed by atoms with Crippen molar-refractivity contribution < 1.29 is 14.3 Å². The molecule has 0 radical (unpaired) electrons. The normalized spacial score (nSPS) is 11.1. The van der Waals surface area contributed by atoms with Gasteiger partial charge in [0, 0.05) is 48.1 Å². The third kappa shape index (κ3) is 5.10. The Morgan fingerprint density at radius 1 is 1.00 bits per heavy atom. The monoisotopic (exact) mass is 495 g/mol. The van der Waals surface area contributed by atoms with E-state index < -0.39 is 0 Å². The van der Waals surface area contributed by atoms with Crippen LogP contribution in [0.2, 0.25) is 0 Å². The molecule has 0 unspecified atom stereocenters. The van der Waals surface area contributed by atoms with Gasteiger partial charge in [0.15, 0.2) is 5.65 Å². The Hall–Kier alpha value is -4.43. The summed E-state index contributed by atoms with van der Waals surface area (Å²) in [6, 6.07) is 17.1. The number of aryl methyl sites for hydroxylation is 2. The van der Waals surface area contributed by atoms with Crippen LogP contribution in [0, 0.1) is 13.8 Å². The number of rotatable bonds is 9. The number of nitrogens with one attached hydrogen (secondary N) is 1. The number of hydrogen-bond acceptors (Lipinski definition) is 5. The third-order valence-corrected chi connectivity index (χ3v) is 6.14. The summed E-state index contributed by atoms with van der Waals surface area (Å²) in [7, 11) is 0. The largest absolute Gasteiger partial charge is 0.491 e.